The van der Waals surface area contributed by atoms with Crippen LogP contribution in [0.5, 0.6) is 11.5 Å². The highest BCUT2D eigenvalue weighted by atomic mass is 32.1. The maximum absolute atomic E-state index is 13.3. The van der Waals surface area contributed by atoms with E-state index in [-0.39, 0.29) is 5.56 Å². The van der Waals surface area contributed by atoms with Gasteiger partial charge in [-0.1, -0.05) is 6.92 Å². The van der Waals surface area contributed by atoms with Crippen molar-refractivity contribution in [2.24, 2.45) is 11.0 Å². The topological polar surface area (TPSA) is 94.8 Å². The molecular formula is C25H30N4O4S. The summed E-state index contributed by atoms with van der Waals surface area (Å²) in [4.78, 5) is 32.5. The molecule has 180 valence electrons. The van der Waals surface area contributed by atoms with E-state index in [4.69, 9.17) is 9.47 Å². The van der Waals surface area contributed by atoms with Crippen LogP contribution in [0, 0.1) is 5.92 Å². The first-order chi connectivity index (χ1) is 16.4. The molecule has 2 heterocycles. The molecule has 1 aliphatic rings. The number of nitrogens with zero attached hydrogens (tertiary/aromatic N) is 3. The number of rotatable bonds is 8. The number of nitrogens with one attached hydrogen (secondary N) is 1. The fourth-order valence-electron chi connectivity index (χ4n) is 4.16. The van der Waals surface area contributed by atoms with Gasteiger partial charge in [0.05, 0.1) is 31.1 Å². The molecule has 1 aliphatic carbocycles. The van der Waals surface area contributed by atoms with Crippen LogP contribution in [0.1, 0.15) is 56.2 Å². The predicted octanol–water partition coefficient (Wildman–Crippen LogP) is 4.09. The van der Waals surface area contributed by atoms with E-state index < -0.39 is 11.9 Å². The summed E-state index contributed by atoms with van der Waals surface area (Å²) < 4.78 is 12.6. The Hall–Kier alpha value is -3.20. The first-order valence-corrected chi connectivity index (χ1v) is 12.5. The van der Waals surface area contributed by atoms with Gasteiger partial charge in [-0.3, -0.25) is 14.2 Å². The van der Waals surface area contributed by atoms with Gasteiger partial charge in [0.1, 0.15) is 10.9 Å². The van der Waals surface area contributed by atoms with Gasteiger partial charge in [-0.05, 0) is 75.3 Å². The Morgan fingerprint density at radius 1 is 1.32 bits per heavy atom. The molecule has 4 rings (SSSR count). The van der Waals surface area contributed by atoms with Crippen molar-refractivity contribution in [3.05, 3.63) is 50.9 Å². The zero-order chi connectivity index (χ0) is 24.2. The summed E-state index contributed by atoms with van der Waals surface area (Å²) in [7, 11) is 0. The molecular weight excluding hydrogens is 452 g/mol. The van der Waals surface area contributed by atoms with E-state index in [1.165, 1.54) is 22.0 Å². The van der Waals surface area contributed by atoms with Crippen LogP contribution in [0.15, 0.2) is 34.4 Å². The summed E-state index contributed by atoms with van der Waals surface area (Å²) in [5, 5.41) is 4.73. The van der Waals surface area contributed by atoms with Gasteiger partial charge in [-0.2, -0.15) is 5.10 Å². The summed E-state index contributed by atoms with van der Waals surface area (Å²) in [6.07, 6.45) is 5.92. The highest BCUT2D eigenvalue weighted by Gasteiger charge is 2.25. The van der Waals surface area contributed by atoms with E-state index >= 15 is 0 Å². The number of amides is 1. The summed E-state index contributed by atoms with van der Waals surface area (Å²) in [6, 6.07) is 4.69. The first kappa shape index (κ1) is 23.9. The van der Waals surface area contributed by atoms with Crippen LogP contribution < -0.4 is 20.5 Å². The first-order valence-electron chi connectivity index (χ1n) is 11.7. The smallest absolute Gasteiger partial charge is 0.263 e. The van der Waals surface area contributed by atoms with Crippen LogP contribution in [0.3, 0.4) is 0 Å². The van der Waals surface area contributed by atoms with Crippen LogP contribution in [-0.2, 0) is 17.6 Å². The number of carbonyl (C=O) groups excluding carboxylic acids is 1. The highest BCUT2D eigenvalue weighted by Crippen LogP contribution is 2.35. The van der Waals surface area contributed by atoms with Crippen LogP contribution in [-0.4, -0.2) is 34.9 Å². The lowest BCUT2D eigenvalue weighted by Crippen LogP contribution is -2.34. The normalized spacial score (nSPS) is 16.4. The largest absolute Gasteiger partial charge is 0.490 e. The van der Waals surface area contributed by atoms with E-state index in [1.54, 1.807) is 24.3 Å². The average molecular weight is 483 g/mol. The Morgan fingerprint density at radius 3 is 2.85 bits per heavy atom. The molecule has 0 saturated heterocycles. The van der Waals surface area contributed by atoms with E-state index in [1.807, 2.05) is 26.0 Å². The molecule has 2 aromatic heterocycles. The number of aromatic nitrogens is 2. The van der Waals surface area contributed by atoms with Gasteiger partial charge in [0.25, 0.3) is 11.5 Å². The maximum atomic E-state index is 13.3. The third kappa shape index (κ3) is 4.84. The van der Waals surface area contributed by atoms with Gasteiger partial charge in [0, 0.05) is 4.88 Å². The predicted molar refractivity (Wildman–Crippen MR) is 134 cm³/mol. The van der Waals surface area contributed by atoms with Gasteiger partial charge in [-0.15, -0.1) is 11.3 Å². The van der Waals surface area contributed by atoms with Crippen molar-refractivity contribution >= 4 is 33.7 Å². The van der Waals surface area contributed by atoms with E-state index in [2.05, 4.69) is 22.4 Å². The number of aryl methyl sites for hydroxylation is 1. The van der Waals surface area contributed by atoms with Crippen molar-refractivity contribution in [2.45, 2.75) is 53.0 Å². The lowest BCUT2D eigenvalue weighted by atomic mass is 9.89. The Balaban J connectivity index is 1.50. The summed E-state index contributed by atoms with van der Waals surface area (Å²) in [6.45, 7) is 8.76. The SMILES string of the molecule is CCOc1ccc(/C=N\NC(=O)[C@@H](C)n2cnc3sc4c(c3c2=O)CC[C@@H](C)C4)cc1OCC. The quantitative estimate of drug-likeness (QED) is 0.385. The summed E-state index contributed by atoms with van der Waals surface area (Å²) in [5.74, 6) is 1.50. The van der Waals surface area contributed by atoms with Crippen molar-refractivity contribution in [3.8, 4) is 11.5 Å². The second-order valence-corrected chi connectivity index (χ2v) is 9.55. The summed E-state index contributed by atoms with van der Waals surface area (Å²) in [5.41, 5.74) is 4.22. The molecule has 0 fully saturated rings. The van der Waals surface area contributed by atoms with Crippen molar-refractivity contribution in [1.82, 2.24) is 15.0 Å². The van der Waals surface area contributed by atoms with Crippen molar-refractivity contribution in [2.75, 3.05) is 13.2 Å². The fraction of sp³-hybridized carbons (Fsp3) is 0.440. The number of hydrogen-bond acceptors (Lipinski definition) is 7. The highest BCUT2D eigenvalue weighted by molar-refractivity contribution is 7.18. The molecule has 0 unspecified atom stereocenters. The van der Waals surface area contributed by atoms with Crippen LogP contribution in [0.2, 0.25) is 0 Å². The van der Waals surface area contributed by atoms with Gasteiger partial charge in [-0.25, -0.2) is 10.4 Å². The Morgan fingerprint density at radius 2 is 2.09 bits per heavy atom. The number of hydrogen-bond donors (Lipinski definition) is 1. The molecule has 0 bridgehead atoms. The minimum atomic E-state index is -0.751. The van der Waals surface area contributed by atoms with Crippen molar-refractivity contribution in [3.63, 3.8) is 0 Å². The molecule has 8 nitrogen and oxygen atoms in total. The van der Waals surface area contributed by atoms with Gasteiger partial charge in [0.15, 0.2) is 11.5 Å². The Bertz CT molecular complexity index is 1280. The molecule has 2 atom stereocenters. The monoisotopic (exact) mass is 482 g/mol. The molecule has 3 aromatic rings. The lowest BCUT2D eigenvalue weighted by Gasteiger charge is -2.18. The second-order valence-electron chi connectivity index (χ2n) is 8.47. The minimum absolute atomic E-state index is 0.170. The molecule has 0 radical (unpaired) electrons. The van der Waals surface area contributed by atoms with E-state index in [0.29, 0.717) is 36.0 Å². The molecule has 34 heavy (non-hydrogen) atoms. The summed E-state index contributed by atoms with van der Waals surface area (Å²) >= 11 is 1.60. The molecule has 1 amide bonds. The van der Waals surface area contributed by atoms with Crippen molar-refractivity contribution < 1.29 is 14.3 Å². The van der Waals surface area contributed by atoms with Gasteiger partial charge >= 0.3 is 0 Å². The average Bonchev–Trinajstić information content (AvgIpc) is 3.19. The Labute approximate surface area is 202 Å². The maximum Gasteiger partial charge on any atom is 0.263 e. The van der Waals surface area contributed by atoms with E-state index in [0.717, 1.165) is 35.2 Å². The molecule has 0 spiro atoms. The lowest BCUT2D eigenvalue weighted by molar-refractivity contribution is -0.123. The fourth-order valence-corrected chi connectivity index (χ4v) is 5.50. The Kier molecular flexibility index (Phi) is 7.31. The number of carbonyl (C=O) groups is 1. The molecule has 1 N–H and O–H groups in total. The third-order valence-corrected chi connectivity index (χ3v) is 7.16. The second kappa shape index (κ2) is 10.4. The molecule has 1 aromatic carbocycles. The van der Waals surface area contributed by atoms with Gasteiger partial charge in [0.2, 0.25) is 0 Å². The van der Waals surface area contributed by atoms with Crippen LogP contribution in [0.4, 0.5) is 0 Å². The van der Waals surface area contributed by atoms with Crippen molar-refractivity contribution in [1.29, 1.82) is 0 Å². The minimum Gasteiger partial charge on any atom is -0.490 e. The third-order valence-electron chi connectivity index (χ3n) is 5.99. The van der Waals surface area contributed by atoms with E-state index in [9.17, 15) is 9.59 Å². The number of ether oxygens (including phenoxy) is 2. The number of thiophene rings is 1. The molecule has 0 aliphatic heterocycles. The number of fused-ring (bicyclic) bond motifs is 3. The van der Waals surface area contributed by atoms with Gasteiger partial charge < -0.3 is 9.47 Å². The zero-order valence-corrected chi connectivity index (χ0v) is 20.8. The number of benzene rings is 1. The zero-order valence-electron chi connectivity index (χ0n) is 20.0. The van der Waals surface area contributed by atoms with Crippen LogP contribution in [0.25, 0.3) is 10.2 Å². The standard InChI is InChI=1S/C25H30N4O4S/c1-5-32-19-10-8-17(12-20(19)33-6-2)13-27-28-23(30)16(4)29-14-26-24-22(25(29)31)18-9-7-15(3)11-21(18)34-24/h8,10,12-16H,5-7,9,11H2,1-4H3,(H,28,30)/b27-13-/t15-,16-/m1/s1. The molecule has 0 saturated carbocycles. The molecule has 9 heteroatoms. The van der Waals surface area contributed by atoms with Crippen LogP contribution >= 0.6 is 11.3 Å². The number of hydrazone groups is 1.